The van der Waals surface area contributed by atoms with E-state index in [4.69, 9.17) is 11.6 Å². The molecule has 1 aliphatic rings. The largest absolute Gasteiger partial charge is 0.275 e. The molecule has 2 aromatic rings. The second-order valence-corrected chi connectivity index (χ2v) is 6.43. The molecule has 1 amide bonds. The topological polar surface area (TPSA) is 89.2 Å². The van der Waals surface area contributed by atoms with Gasteiger partial charge in [-0.3, -0.25) is 19.8 Å². The first-order valence-electron chi connectivity index (χ1n) is 5.71. The maximum Gasteiger partial charge on any atom is 0.275 e. The number of rotatable bonds is 3. The highest BCUT2D eigenvalue weighted by Gasteiger charge is 2.39. The quantitative estimate of drug-likeness (QED) is 0.629. The van der Waals surface area contributed by atoms with Crippen molar-refractivity contribution in [2.24, 2.45) is 0 Å². The molecule has 2 heterocycles. The molecule has 1 aromatic heterocycles. The molecule has 1 saturated heterocycles. The fourth-order valence-electron chi connectivity index (χ4n) is 2.02. The van der Waals surface area contributed by atoms with Crippen LogP contribution in [-0.2, 0) is 4.79 Å². The molecule has 1 aromatic carbocycles. The van der Waals surface area contributed by atoms with Crippen molar-refractivity contribution in [1.29, 1.82) is 0 Å². The predicted octanol–water partition coefficient (Wildman–Crippen LogP) is 2.88. The SMILES string of the molecule is O=C1CSC(c2cc(Cl)ccc2[N+](=O)[O-])N1c1nncs1. The van der Waals surface area contributed by atoms with Crippen LogP contribution in [-0.4, -0.2) is 26.8 Å². The molecule has 7 nitrogen and oxygen atoms in total. The first kappa shape index (κ1) is 14.2. The van der Waals surface area contributed by atoms with Gasteiger partial charge >= 0.3 is 0 Å². The predicted molar refractivity (Wildman–Crippen MR) is 80.7 cm³/mol. The van der Waals surface area contributed by atoms with Crippen LogP contribution in [0.1, 0.15) is 10.9 Å². The van der Waals surface area contributed by atoms with Gasteiger partial charge in [-0.15, -0.1) is 22.0 Å². The number of nitro benzene ring substituents is 1. The van der Waals surface area contributed by atoms with Gasteiger partial charge in [-0.2, -0.15) is 0 Å². The third kappa shape index (κ3) is 2.59. The molecule has 0 aliphatic carbocycles. The summed E-state index contributed by atoms with van der Waals surface area (Å²) in [5.74, 6) is 0.0736. The van der Waals surface area contributed by atoms with Crippen molar-refractivity contribution in [3.8, 4) is 0 Å². The molecular weight excluding hydrogens is 336 g/mol. The number of hydrogen-bond acceptors (Lipinski definition) is 7. The van der Waals surface area contributed by atoms with Crippen molar-refractivity contribution in [1.82, 2.24) is 10.2 Å². The maximum atomic E-state index is 12.1. The highest BCUT2D eigenvalue weighted by Crippen LogP contribution is 2.45. The van der Waals surface area contributed by atoms with Gasteiger partial charge in [0.25, 0.3) is 5.69 Å². The van der Waals surface area contributed by atoms with Crippen LogP contribution in [0.5, 0.6) is 0 Å². The zero-order valence-electron chi connectivity index (χ0n) is 10.3. The summed E-state index contributed by atoms with van der Waals surface area (Å²) in [7, 11) is 0. The third-order valence-electron chi connectivity index (χ3n) is 2.87. The Morgan fingerprint density at radius 2 is 2.29 bits per heavy atom. The monoisotopic (exact) mass is 342 g/mol. The first-order chi connectivity index (χ1) is 10.1. The molecule has 21 heavy (non-hydrogen) atoms. The van der Waals surface area contributed by atoms with E-state index in [2.05, 4.69) is 10.2 Å². The molecule has 0 spiro atoms. The van der Waals surface area contributed by atoms with E-state index in [9.17, 15) is 14.9 Å². The number of halogens is 1. The van der Waals surface area contributed by atoms with E-state index < -0.39 is 10.3 Å². The van der Waals surface area contributed by atoms with Gasteiger partial charge in [-0.25, -0.2) is 0 Å². The minimum atomic E-state index is -0.524. The van der Waals surface area contributed by atoms with Crippen LogP contribution in [0, 0.1) is 10.1 Å². The molecule has 1 aliphatic heterocycles. The lowest BCUT2D eigenvalue weighted by Gasteiger charge is -2.20. The van der Waals surface area contributed by atoms with Crippen LogP contribution >= 0.6 is 34.7 Å². The Bertz CT molecular complexity index is 709. The fraction of sp³-hybridized carbons (Fsp3) is 0.182. The summed E-state index contributed by atoms with van der Waals surface area (Å²) in [6.07, 6.45) is 0. The summed E-state index contributed by atoms with van der Waals surface area (Å²) < 4.78 is 0. The van der Waals surface area contributed by atoms with Crippen molar-refractivity contribution in [2.45, 2.75) is 5.37 Å². The summed E-state index contributed by atoms with van der Waals surface area (Å²) in [5.41, 5.74) is 1.83. The lowest BCUT2D eigenvalue weighted by molar-refractivity contribution is -0.385. The molecule has 0 N–H and O–H groups in total. The number of thioether (sulfide) groups is 1. The number of nitrogens with zero attached hydrogens (tertiary/aromatic N) is 4. The van der Waals surface area contributed by atoms with Crippen LogP contribution in [0.25, 0.3) is 0 Å². The summed E-state index contributed by atoms with van der Waals surface area (Å²) in [6, 6.07) is 4.32. The van der Waals surface area contributed by atoms with Crippen LogP contribution in [0.4, 0.5) is 10.8 Å². The van der Waals surface area contributed by atoms with Crippen LogP contribution in [0.2, 0.25) is 5.02 Å². The van der Waals surface area contributed by atoms with Crippen molar-refractivity contribution >= 4 is 51.4 Å². The minimum Gasteiger partial charge on any atom is -0.273 e. The molecule has 10 heteroatoms. The van der Waals surface area contributed by atoms with E-state index in [0.29, 0.717) is 15.7 Å². The Kier molecular flexibility index (Phi) is 3.79. The summed E-state index contributed by atoms with van der Waals surface area (Å²) in [6.45, 7) is 0. The van der Waals surface area contributed by atoms with Crippen molar-refractivity contribution < 1.29 is 9.72 Å². The molecule has 1 unspecified atom stereocenters. The number of carbonyl (C=O) groups is 1. The lowest BCUT2D eigenvalue weighted by atomic mass is 10.1. The minimum absolute atomic E-state index is 0.0684. The molecule has 0 bridgehead atoms. The number of anilines is 1. The zero-order valence-corrected chi connectivity index (χ0v) is 12.7. The first-order valence-corrected chi connectivity index (χ1v) is 8.02. The van der Waals surface area contributed by atoms with Gasteiger partial charge in [0.15, 0.2) is 0 Å². The molecule has 1 atom stereocenters. The van der Waals surface area contributed by atoms with E-state index in [1.807, 2.05) is 0 Å². The van der Waals surface area contributed by atoms with Gasteiger partial charge in [0, 0.05) is 11.1 Å². The second kappa shape index (κ2) is 5.58. The van der Waals surface area contributed by atoms with Crippen LogP contribution in [0.3, 0.4) is 0 Å². The number of nitro groups is 1. The average molecular weight is 343 g/mol. The van der Waals surface area contributed by atoms with E-state index in [1.54, 1.807) is 0 Å². The van der Waals surface area contributed by atoms with Gasteiger partial charge in [0.2, 0.25) is 11.0 Å². The third-order valence-corrected chi connectivity index (χ3v) is 4.99. The smallest absolute Gasteiger partial charge is 0.273 e. The molecule has 1 fully saturated rings. The summed E-state index contributed by atoms with van der Waals surface area (Å²) >= 11 is 8.46. The van der Waals surface area contributed by atoms with Gasteiger partial charge < -0.3 is 0 Å². The zero-order chi connectivity index (χ0) is 15.0. The van der Waals surface area contributed by atoms with Gasteiger partial charge in [0.1, 0.15) is 10.9 Å². The molecular formula is C11H7ClN4O3S2. The van der Waals surface area contributed by atoms with E-state index in [1.165, 1.54) is 51.7 Å². The Morgan fingerprint density at radius 1 is 1.48 bits per heavy atom. The highest BCUT2D eigenvalue weighted by atomic mass is 35.5. The van der Waals surface area contributed by atoms with Crippen molar-refractivity contribution in [3.63, 3.8) is 0 Å². The Morgan fingerprint density at radius 3 is 2.95 bits per heavy atom. The number of hydrogen-bond donors (Lipinski definition) is 0. The normalized spacial score (nSPS) is 18.2. The fourth-order valence-corrected chi connectivity index (χ4v) is 4.05. The van der Waals surface area contributed by atoms with Crippen molar-refractivity contribution in [2.75, 3.05) is 10.7 Å². The second-order valence-electron chi connectivity index (χ2n) is 4.11. The van der Waals surface area contributed by atoms with E-state index in [0.717, 1.165) is 0 Å². The van der Waals surface area contributed by atoms with E-state index >= 15 is 0 Å². The van der Waals surface area contributed by atoms with Crippen molar-refractivity contribution in [3.05, 3.63) is 44.4 Å². The highest BCUT2D eigenvalue weighted by molar-refractivity contribution is 8.00. The lowest BCUT2D eigenvalue weighted by Crippen LogP contribution is -2.28. The van der Waals surface area contributed by atoms with Gasteiger partial charge in [-0.05, 0) is 12.1 Å². The van der Waals surface area contributed by atoms with Gasteiger partial charge in [0.05, 0.1) is 16.2 Å². The number of carbonyl (C=O) groups excluding carboxylic acids is 1. The average Bonchev–Trinajstić information content (AvgIpc) is 3.06. The summed E-state index contributed by atoms with van der Waals surface area (Å²) in [5, 5.41) is 19.1. The number of aromatic nitrogens is 2. The molecule has 0 saturated carbocycles. The standard InChI is InChI=1S/C11H7ClN4O3S2/c12-6-1-2-8(16(18)19)7(3-6)10-15(9(17)4-20-10)11-14-13-5-21-11/h1-3,5,10H,4H2. The Balaban J connectivity index is 2.09. The van der Waals surface area contributed by atoms with Gasteiger partial charge in [-0.1, -0.05) is 22.9 Å². The van der Waals surface area contributed by atoms with Crippen LogP contribution in [0.15, 0.2) is 23.7 Å². The molecule has 0 radical (unpaired) electrons. The maximum absolute atomic E-state index is 12.1. The number of amides is 1. The summed E-state index contributed by atoms with van der Waals surface area (Å²) in [4.78, 5) is 24.2. The van der Waals surface area contributed by atoms with E-state index in [-0.39, 0.29) is 17.3 Å². The van der Waals surface area contributed by atoms with Crippen LogP contribution < -0.4 is 4.90 Å². The molecule has 3 rings (SSSR count). The Labute approximate surface area is 132 Å². The molecule has 108 valence electrons. The number of benzene rings is 1. The Hall–Kier alpha value is -1.71.